The van der Waals surface area contributed by atoms with Gasteiger partial charge in [-0.15, -0.1) is 0 Å². The van der Waals surface area contributed by atoms with Gasteiger partial charge in [-0.3, -0.25) is 0 Å². The molecule has 1 aromatic heterocycles. The third-order valence-corrected chi connectivity index (χ3v) is 4.39. The molecule has 0 bridgehead atoms. The second-order valence-corrected chi connectivity index (χ2v) is 6.08. The van der Waals surface area contributed by atoms with Crippen LogP contribution >= 0.6 is 28.1 Å². The molecule has 2 aromatic carbocycles. The zero-order valence-corrected chi connectivity index (χ0v) is 13.4. The van der Waals surface area contributed by atoms with Crippen LogP contribution in [0.15, 0.2) is 53.1 Å². The number of aromatic nitrogens is 1. The molecule has 3 aromatic rings. The fraction of sp³-hybridized carbons (Fsp3) is 0.0625. The Morgan fingerprint density at radius 2 is 2.05 bits per heavy atom. The highest BCUT2D eigenvalue weighted by Crippen LogP contribution is 2.24. The summed E-state index contributed by atoms with van der Waals surface area (Å²) in [5.41, 5.74) is 8.69. The number of nitrogens with zero attached hydrogens (tertiary/aromatic N) is 1. The summed E-state index contributed by atoms with van der Waals surface area (Å²) >= 11 is 8.48. The Morgan fingerprint density at radius 1 is 1.24 bits per heavy atom. The number of thiocarbonyl (C=S) groups is 1. The van der Waals surface area contributed by atoms with E-state index in [9.17, 15) is 4.39 Å². The summed E-state index contributed by atoms with van der Waals surface area (Å²) in [5, 5.41) is 1.03. The van der Waals surface area contributed by atoms with Crippen LogP contribution in [0.25, 0.3) is 10.9 Å². The van der Waals surface area contributed by atoms with Gasteiger partial charge in [0.05, 0.1) is 0 Å². The van der Waals surface area contributed by atoms with Crippen LogP contribution in [0.2, 0.25) is 0 Å². The quantitative estimate of drug-likeness (QED) is 0.707. The largest absolute Gasteiger partial charge is 0.389 e. The molecule has 0 aliphatic rings. The summed E-state index contributed by atoms with van der Waals surface area (Å²) in [6, 6.07) is 12.6. The molecule has 1 heterocycles. The van der Waals surface area contributed by atoms with Gasteiger partial charge in [0.25, 0.3) is 0 Å². The van der Waals surface area contributed by atoms with Gasteiger partial charge in [0.2, 0.25) is 0 Å². The zero-order valence-electron chi connectivity index (χ0n) is 11.0. The molecular formula is C16H12BrFN2S. The first kappa shape index (κ1) is 14.2. The lowest BCUT2D eigenvalue weighted by Crippen LogP contribution is -2.09. The van der Waals surface area contributed by atoms with Crippen LogP contribution in [0.3, 0.4) is 0 Å². The number of hydrogen-bond acceptors (Lipinski definition) is 1. The average molecular weight is 363 g/mol. The molecule has 0 saturated carbocycles. The van der Waals surface area contributed by atoms with E-state index in [-0.39, 0.29) is 5.82 Å². The molecular weight excluding hydrogens is 351 g/mol. The molecule has 0 amide bonds. The maximum absolute atomic E-state index is 13.2. The van der Waals surface area contributed by atoms with E-state index in [1.54, 1.807) is 6.07 Å². The number of fused-ring (bicyclic) bond motifs is 1. The van der Waals surface area contributed by atoms with Crippen molar-refractivity contribution in [1.29, 1.82) is 0 Å². The Hall–Kier alpha value is -1.72. The molecule has 0 unspecified atom stereocenters. The van der Waals surface area contributed by atoms with E-state index in [1.807, 2.05) is 30.5 Å². The van der Waals surface area contributed by atoms with Gasteiger partial charge < -0.3 is 10.3 Å². The molecule has 0 atom stereocenters. The van der Waals surface area contributed by atoms with Crippen molar-refractivity contribution >= 4 is 44.0 Å². The van der Waals surface area contributed by atoms with Crippen LogP contribution in [0.1, 0.15) is 11.1 Å². The monoisotopic (exact) mass is 362 g/mol. The van der Waals surface area contributed by atoms with Gasteiger partial charge in [-0.25, -0.2) is 4.39 Å². The Labute approximate surface area is 135 Å². The molecule has 0 radical (unpaired) electrons. The summed E-state index contributed by atoms with van der Waals surface area (Å²) in [7, 11) is 0. The normalized spacial score (nSPS) is 11.0. The van der Waals surface area contributed by atoms with Crippen molar-refractivity contribution in [3.8, 4) is 0 Å². The maximum atomic E-state index is 13.2. The van der Waals surface area contributed by atoms with Crippen molar-refractivity contribution in [1.82, 2.24) is 4.57 Å². The minimum Gasteiger partial charge on any atom is -0.389 e. The van der Waals surface area contributed by atoms with Crippen LogP contribution in [0.5, 0.6) is 0 Å². The van der Waals surface area contributed by atoms with E-state index < -0.39 is 0 Å². The molecule has 21 heavy (non-hydrogen) atoms. The molecule has 0 fully saturated rings. The fourth-order valence-corrected chi connectivity index (χ4v) is 3.06. The number of halogens is 2. The highest BCUT2D eigenvalue weighted by molar-refractivity contribution is 9.10. The van der Waals surface area contributed by atoms with Crippen LogP contribution < -0.4 is 5.73 Å². The summed E-state index contributed by atoms with van der Waals surface area (Å²) in [5.74, 6) is -0.251. The summed E-state index contributed by atoms with van der Waals surface area (Å²) in [6.07, 6.45) is 1.99. The summed E-state index contributed by atoms with van der Waals surface area (Å²) < 4.78 is 16.0. The van der Waals surface area contributed by atoms with E-state index in [0.717, 1.165) is 26.5 Å². The Balaban J connectivity index is 2.06. The van der Waals surface area contributed by atoms with Gasteiger partial charge in [0.1, 0.15) is 10.8 Å². The van der Waals surface area contributed by atoms with Crippen LogP contribution in [-0.4, -0.2) is 9.56 Å². The van der Waals surface area contributed by atoms with Crippen molar-refractivity contribution in [2.45, 2.75) is 6.54 Å². The van der Waals surface area contributed by atoms with Crippen LogP contribution in [-0.2, 0) is 6.54 Å². The topological polar surface area (TPSA) is 30.9 Å². The third-order valence-electron chi connectivity index (χ3n) is 3.43. The van der Waals surface area contributed by atoms with Crippen molar-refractivity contribution in [2.75, 3.05) is 0 Å². The number of rotatable bonds is 3. The molecule has 0 spiro atoms. The molecule has 3 rings (SSSR count). The Bertz CT molecular complexity index is 841. The lowest BCUT2D eigenvalue weighted by Gasteiger charge is -2.09. The number of nitrogens with two attached hydrogens (primary N) is 1. The molecule has 2 N–H and O–H groups in total. The SMILES string of the molecule is NC(=S)c1cccc2c1ccn2Cc1ccc(F)cc1Br. The fourth-order valence-electron chi connectivity index (χ4n) is 2.41. The predicted octanol–water partition coefficient (Wildman–Crippen LogP) is 4.23. The maximum Gasteiger partial charge on any atom is 0.124 e. The van der Waals surface area contributed by atoms with E-state index in [4.69, 9.17) is 18.0 Å². The van der Waals surface area contributed by atoms with Gasteiger partial charge >= 0.3 is 0 Å². The standard InChI is InChI=1S/C16H12BrFN2S/c17-14-8-11(18)5-4-10(14)9-20-7-6-12-13(16(19)21)2-1-3-15(12)20/h1-8H,9H2,(H2,19,21). The van der Waals surface area contributed by atoms with Crippen molar-refractivity contribution in [2.24, 2.45) is 5.73 Å². The first-order valence-corrected chi connectivity index (χ1v) is 7.58. The summed E-state index contributed by atoms with van der Waals surface area (Å²) in [6.45, 7) is 0.644. The van der Waals surface area contributed by atoms with Crippen molar-refractivity contribution < 1.29 is 4.39 Å². The van der Waals surface area contributed by atoms with Crippen molar-refractivity contribution in [3.63, 3.8) is 0 Å². The Morgan fingerprint density at radius 3 is 2.76 bits per heavy atom. The second kappa shape index (κ2) is 5.58. The Kier molecular flexibility index (Phi) is 3.78. The van der Waals surface area contributed by atoms with Crippen LogP contribution in [0, 0.1) is 5.82 Å². The van der Waals surface area contributed by atoms with Crippen LogP contribution in [0.4, 0.5) is 4.39 Å². The second-order valence-electron chi connectivity index (χ2n) is 4.78. The van der Waals surface area contributed by atoms with Gasteiger partial charge in [-0.2, -0.15) is 0 Å². The number of hydrogen-bond donors (Lipinski definition) is 1. The lowest BCUT2D eigenvalue weighted by atomic mass is 10.1. The molecule has 0 aliphatic carbocycles. The van der Waals surface area contributed by atoms with E-state index in [0.29, 0.717) is 11.5 Å². The van der Waals surface area contributed by atoms with Gasteiger partial charge in [0.15, 0.2) is 0 Å². The highest BCUT2D eigenvalue weighted by Gasteiger charge is 2.09. The smallest absolute Gasteiger partial charge is 0.124 e. The van der Waals surface area contributed by atoms with Crippen molar-refractivity contribution in [3.05, 3.63) is 70.1 Å². The minimum absolute atomic E-state index is 0.251. The predicted molar refractivity (Wildman–Crippen MR) is 91.0 cm³/mol. The molecule has 2 nitrogen and oxygen atoms in total. The molecule has 0 aliphatic heterocycles. The molecule has 5 heteroatoms. The lowest BCUT2D eigenvalue weighted by molar-refractivity contribution is 0.625. The van der Waals surface area contributed by atoms with E-state index in [2.05, 4.69) is 20.5 Å². The van der Waals surface area contributed by atoms with Gasteiger partial charge in [-0.1, -0.05) is 46.3 Å². The third kappa shape index (κ3) is 2.71. The highest BCUT2D eigenvalue weighted by atomic mass is 79.9. The first-order valence-electron chi connectivity index (χ1n) is 6.38. The minimum atomic E-state index is -0.251. The summed E-state index contributed by atoms with van der Waals surface area (Å²) in [4.78, 5) is 0.390. The molecule has 106 valence electrons. The molecule has 0 saturated heterocycles. The van der Waals surface area contributed by atoms with E-state index >= 15 is 0 Å². The number of benzene rings is 2. The van der Waals surface area contributed by atoms with Gasteiger partial charge in [0, 0.05) is 33.7 Å². The van der Waals surface area contributed by atoms with E-state index in [1.165, 1.54) is 12.1 Å². The van der Waals surface area contributed by atoms with Gasteiger partial charge in [-0.05, 0) is 29.8 Å². The first-order chi connectivity index (χ1) is 10.1. The zero-order chi connectivity index (χ0) is 15.0. The average Bonchev–Trinajstić information content (AvgIpc) is 2.85.